The van der Waals surface area contributed by atoms with Gasteiger partial charge in [0.15, 0.2) is 6.10 Å². The molecule has 0 fully saturated rings. The van der Waals surface area contributed by atoms with Crippen LogP contribution in [0.25, 0.3) is 0 Å². The minimum absolute atomic E-state index is 0.843. The first-order valence-corrected chi connectivity index (χ1v) is 5.57. The van der Waals surface area contributed by atoms with Gasteiger partial charge in [-0.3, -0.25) is 9.11 Å². The Morgan fingerprint density at radius 2 is 1.33 bits per heavy atom. The Bertz CT molecular complexity index is 329. The fourth-order valence-corrected chi connectivity index (χ4v) is 0.668. The van der Waals surface area contributed by atoms with E-state index in [-0.39, 0.29) is 0 Å². The molecule has 0 aromatic heterocycles. The molecule has 12 heteroatoms. The zero-order chi connectivity index (χ0) is 15.1. The van der Waals surface area contributed by atoms with E-state index in [1.165, 1.54) is 0 Å². The largest absolute Gasteiger partial charge is 0.479 e. The molecule has 8 N–H and O–H groups in total. The van der Waals surface area contributed by atoms with Gasteiger partial charge in [-0.1, -0.05) is 0 Å². The molecule has 18 heavy (non-hydrogen) atoms. The van der Waals surface area contributed by atoms with Crippen molar-refractivity contribution in [2.24, 2.45) is 0 Å². The molecule has 11 nitrogen and oxygen atoms in total. The zero-order valence-electron chi connectivity index (χ0n) is 8.73. The summed E-state index contributed by atoms with van der Waals surface area (Å²) in [4.78, 5) is 10.1. The number of carboxylic acid groups (broad SMARTS) is 1. The summed E-state index contributed by atoms with van der Waals surface area (Å²) in [5, 5.41) is 51.8. The van der Waals surface area contributed by atoms with E-state index in [4.69, 9.17) is 48.2 Å². The van der Waals surface area contributed by atoms with E-state index in [2.05, 4.69) is 0 Å². The van der Waals surface area contributed by atoms with Crippen LogP contribution < -0.4 is 0 Å². The van der Waals surface area contributed by atoms with Gasteiger partial charge in [-0.05, 0) is 0 Å². The topological polar surface area (TPSA) is 213 Å². The highest BCUT2D eigenvalue weighted by atomic mass is 32.3. The van der Waals surface area contributed by atoms with E-state index in [1.807, 2.05) is 0 Å². The molecule has 0 saturated heterocycles. The van der Waals surface area contributed by atoms with Gasteiger partial charge in [-0.2, -0.15) is 8.42 Å². The molecule has 0 aromatic carbocycles. The summed E-state index contributed by atoms with van der Waals surface area (Å²) in [5.74, 6) is -1.73. The molecule has 4 atom stereocenters. The molecule has 0 saturated carbocycles. The van der Waals surface area contributed by atoms with Gasteiger partial charge >= 0.3 is 16.4 Å². The van der Waals surface area contributed by atoms with Gasteiger partial charge in [0.2, 0.25) is 0 Å². The molecule has 0 spiro atoms. The molecule has 0 aliphatic heterocycles. The van der Waals surface area contributed by atoms with Crippen molar-refractivity contribution in [3.63, 3.8) is 0 Å². The maximum Gasteiger partial charge on any atom is 0.394 e. The average molecular weight is 294 g/mol. The third-order valence-corrected chi connectivity index (χ3v) is 1.51. The van der Waals surface area contributed by atoms with Crippen LogP contribution in [0.4, 0.5) is 0 Å². The van der Waals surface area contributed by atoms with Crippen molar-refractivity contribution in [3.8, 4) is 0 Å². The summed E-state index contributed by atoms with van der Waals surface area (Å²) in [5.41, 5.74) is 0. The number of carboxylic acids is 1. The van der Waals surface area contributed by atoms with Gasteiger partial charge in [-0.25, -0.2) is 4.79 Å². The van der Waals surface area contributed by atoms with E-state index in [0.717, 1.165) is 0 Å². The van der Waals surface area contributed by atoms with Crippen LogP contribution in [0.1, 0.15) is 0 Å². The lowest BCUT2D eigenvalue weighted by atomic mass is 10.0. The van der Waals surface area contributed by atoms with Crippen molar-refractivity contribution in [1.29, 1.82) is 0 Å². The van der Waals surface area contributed by atoms with E-state index in [0.29, 0.717) is 0 Å². The first-order chi connectivity index (χ1) is 7.91. The maximum absolute atomic E-state index is 10.1. The van der Waals surface area contributed by atoms with Crippen LogP contribution in [0.2, 0.25) is 0 Å². The van der Waals surface area contributed by atoms with Crippen molar-refractivity contribution in [2.75, 3.05) is 6.61 Å². The van der Waals surface area contributed by atoms with Crippen LogP contribution in [0.5, 0.6) is 0 Å². The van der Waals surface area contributed by atoms with Gasteiger partial charge in [0, 0.05) is 0 Å². The van der Waals surface area contributed by atoms with E-state index in [9.17, 15) is 4.79 Å². The van der Waals surface area contributed by atoms with E-state index >= 15 is 0 Å². The molecule has 0 aliphatic carbocycles. The summed E-state index contributed by atoms with van der Waals surface area (Å²) in [6.07, 6.45) is -7.84. The first kappa shape index (κ1) is 19.5. The lowest BCUT2D eigenvalue weighted by Crippen LogP contribution is -2.48. The van der Waals surface area contributed by atoms with Gasteiger partial charge < -0.3 is 30.6 Å². The summed E-state index contributed by atoms with van der Waals surface area (Å²) in [6.45, 7) is -0.843. The van der Waals surface area contributed by atoms with Crippen molar-refractivity contribution in [2.45, 2.75) is 24.4 Å². The third-order valence-electron chi connectivity index (χ3n) is 1.51. The molecule has 0 unspecified atom stereocenters. The predicted molar refractivity (Wildman–Crippen MR) is 52.9 cm³/mol. The fourth-order valence-electron chi connectivity index (χ4n) is 0.668. The number of hydrogen-bond donors (Lipinski definition) is 8. The number of rotatable bonds is 5. The molecule has 0 aromatic rings. The van der Waals surface area contributed by atoms with Crippen molar-refractivity contribution < 1.29 is 53.0 Å². The molecule has 0 radical (unpaired) electrons. The number of carbonyl (C=O) groups is 1. The smallest absolute Gasteiger partial charge is 0.394 e. The SMILES string of the molecule is O=C(O)[C@H](O)[C@@H](O)[C@H](O)[C@H](O)CO.O=S(=O)(O)O. The highest BCUT2D eigenvalue weighted by Gasteiger charge is 2.33. The zero-order valence-corrected chi connectivity index (χ0v) is 9.54. The Morgan fingerprint density at radius 1 is 1.00 bits per heavy atom. The minimum Gasteiger partial charge on any atom is -0.479 e. The highest BCUT2D eigenvalue weighted by Crippen LogP contribution is 2.04. The monoisotopic (exact) mass is 294 g/mol. The van der Waals surface area contributed by atoms with Crippen LogP contribution >= 0.6 is 0 Å². The van der Waals surface area contributed by atoms with Crippen LogP contribution in [0.15, 0.2) is 0 Å². The second-order valence-electron chi connectivity index (χ2n) is 2.96. The van der Waals surface area contributed by atoms with Crippen molar-refractivity contribution >= 4 is 16.4 Å². The summed E-state index contributed by atoms with van der Waals surface area (Å²) in [7, 11) is -4.67. The average Bonchev–Trinajstić information content (AvgIpc) is 2.22. The molecule has 0 rings (SSSR count). The van der Waals surface area contributed by atoms with Crippen LogP contribution in [-0.4, -0.2) is 85.2 Å². The molecule has 0 bridgehead atoms. The van der Waals surface area contributed by atoms with Gasteiger partial charge in [0.25, 0.3) is 0 Å². The standard InChI is InChI=1S/C6H12O7.H2O4S/c7-1-2(8)3(9)4(10)5(11)6(12)13;1-5(2,3)4/h2-5,7-11H,1H2,(H,12,13);(H2,1,2,3,4)/t2-,3-,4+,5-;/m1./s1. The Labute approximate surface area is 101 Å². The number of aliphatic carboxylic acids is 1. The van der Waals surface area contributed by atoms with Crippen molar-refractivity contribution in [1.82, 2.24) is 0 Å². The lowest BCUT2D eigenvalue weighted by molar-refractivity contribution is -0.164. The van der Waals surface area contributed by atoms with Gasteiger partial charge in [-0.15, -0.1) is 0 Å². The van der Waals surface area contributed by atoms with E-state index < -0.39 is 47.4 Å². The Hall–Kier alpha value is -0.860. The lowest BCUT2D eigenvalue weighted by Gasteiger charge is -2.23. The van der Waals surface area contributed by atoms with Gasteiger partial charge in [0.05, 0.1) is 6.61 Å². The number of hydrogen-bond acceptors (Lipinski definition) is 8. The Morgan fingerprint density at radius 3 is 1.56 bits per heavy atom. The molecule has 0 amide bonds. The molecular formula is C6H14O11S. The second kappa shape index (κ2) is 8.28. The predicted octanol–water partition coefficient (Wildman–Crippen LogP) is -4.15. The summed E-state index contributed by atoms with van der Waals surface area (Å²) >= 11 is 0. The molecule has 110 valence electrons. The molecule has 0 aliphatic rings. The quantitative estimate of drug-likeness (QED) is 0.228. The number of aliphatic hydroxyl groups is 5. The molecular weight excluding hydrogens is 280 g/mol. The Kier molecular flexibility index (Phi) is 8.96. The summed E-state index contributed by atoms with van der Waals surface area (Å²) in [6, 6.07) is 0. The normalized spacial score (nSPS) is 17.9. The van der Waals surface area contributed by atoms with Crippen LogP contribution in [0, 0.1) is 0 Å². The minimum atomic E-state index is -4.67. The highest BCUT2D eigenvalue weighted by molar-refractivity contribution is 7.79. The summed E-state index contributed by atoms with van der Waals surface area (Å²) < 4.78 is 31.6. The molecule has 0 heterocycles. The third kappa shape index (κ3) is 10.3. The maximum atomic E-state index is 10.1. The van der Waals surface area contributed by atoms with E-state index in [1.54, 1.807) is 0 Å². The first-order valence-electron chi connectivity index (χ1n) is 4.17. The van der Waals surface area contributed by atoms with Gasteiger partial charge in [0.1, 0.15) is 18.3 Å². The second-order valence-corrected chi connectivity index (χ2v) is 3.86. The number of aliphatic hydroxyl groups excluding tert-OH is 5. The van der Waals surface area contributed by atoms with Crippen LogP contribution in [0.3, 0.4) is 0 Å². The fraction of sp³-hybridized carbons (Fsp3) is 0.833. The Balaban J connectivity index is 0. The van der Waals surface area contributed by atoms with Crippen molar-refractivity contribution in [3.05, 3.63) is 0 Å². The van der Waals surface area contributed by atoms with Crippen LogP contribution in [-0.2, 0) is 15.2 Å².